The van der Waals surface area contributed by atoms with Crippen molar-refractivity contribution in [3.05, 3.63) is 65.5 Å². The van der Waals surface area contributed by atoms with Crippen LogP contribution in [0.25, 0.3) is 0 Å². The van der Waals surface area contributed by atoms with Crippen molar-refractivity contribution in [2.45, 2.75) is 32.0 Å². The van der Waals surface area contributed by atoms with Gasteiger partial charge in [-0.05, 0) is 42.2 Å². The molecule has 4 heteroatoms. The molecule has 0 spiro atoms. The zero-order valence-electron chi connectivity index (χ0n) is 11.8. The van der Waals surface area contributed by atoms with Crippen molar-refractivity contribution in [1.82, 2.24) is 9.88 Å². The summed E-state index contributed by atoms with van der Waals surface area (Å²) >= 11 is 0. The Hall–Kier alpha value is -2.20. The van der Waals surface area contributed by atoms with Crippen LogP contribution in [0.5, 0.6) is 0 Å². The van der Waals surface area contributed by atoms with Crippen molar-refractivity contribution in [3.63, 3.8) is 0 Å². The average Bonchev–Trinajstić information content (AvgIpc) is 3.33. The second-order valence-electron chi connectivity index (χ2n) is 5.50. The van der Waals surface area contributed by atoms with E-state index in [2.05, 4.69) is 16.0 Å². The largest absolute Gasteiger partial charge is 0.478 e. The minimum Gasteiger partial charge on any atom is -0.478 e. The normalized spacial score (nSPS) is 14.3. The lowest BCUT2D eigenvalue weighted by Gasteiger charge is -2.22. The maximum atomic E-state index is 10.9. The fraction of sp³-hybridized carbons (Fsp3) is 0.294. The lowest BCUT2D eigenvalue weighted by atomic mass is 10.1. The number of carboxylic acids is 1. The molecule has 21 heavy (non-hydrogen) atoms. The van der Waals surface area contributed by atoms with Crippen LogP contribution in [0, 0.1) is 0 Å². The highest BCUT2D eigenvalue weighted by atomic mass is 16.4. The van der Waals surface area contributed by atoms with E-state index in [4.69, 9.17) is 5.11 Å². The lowest BCUT2D eigenvalue weighted by molar-refractivity contribution is 0.0697. The van der Waals surface area contributed by atoms with Crippen molar-refractivity contribution in [3.8, 4) is 0 Å². The maximum Gasteiger partial charge on any atom is 0.335 e. The first-order valence-electron chi connectivity index (χ1n) is 7.17. The van der Waals surface area contributed by atoms with Gasteiger partial charge in [0.05, 0.1) is 5.56 Å². The molecule has 0 aliphatic heterocycles. The molecular weight excluding hydrogens is 264 g/mol. The molecular formula is C17H18N2O2. The SMILES string of the molecule is O=C(O)c1ccc(CN(Cc2cccnc2)C2CC2)cc1. The lowest BCUT2D eigenvalue weighted by Crippen LogP contribution is -2.25. The van der Waals surface area contributed by atoms with Gasteiger partial charge in [-0.25, -0.2) is 4.79 Å². The van der Waals surface area contributed by atoms with Gasteiger partial charge in [-0.3, -0.25) is 9.88 Å². The molecule has 0 bridgehead atoms. The number of benzene rings is 1. The summed E-state index contributed by atoms with van der Waals surface area (Å²) in [6, 6.07) is 11.9. The van der Waals surface area contributed by atoms with Gasteiger partial charge in [0.1, 0.15) is 0 Å². The van der Waals surface area contributed by atoms with Crippen LogP contribution >= 0.6 is 0 Å². The monoisotopic (exact) mass is 282 g/mol. The van der Waals surface area contributed by atoms with E-state index >= 15 is 0 Å². The van der Waals surface area contributed by atoms with Crippen molar-refractivity contribution < 1.29 is 9.90 Å². The quantitative estimate of drug-likeness (QED) is 0.885. The van der Waals surface area contributed by atoms with E-state index in [1.54, 1.807) is 18.3 Å². The second kappa shape index (κ2) is 6.06. The fourth-order valence-corrected chi connectivity index (χ4v) is 2.47. The van der Waals surface area contributed by atoms with Gasteiger partial charge in [0.15, 0.2) is 0 Å². The van der Waals surface area contributed by atoms with Crippen molar-refractivity contribution in [1.29, 1.82) is 0 Å². The number of pyridine rings is 1. The van der Waals surface area contributed by atoms with Gasteiger partial charge in [0, 0.05) is 31.5 Å². The topological polar surface area (TPSA) is 53.4 Å². The standard InChI is InChI=1S/C17H18N2O2/c20-17(21)15-5-3-13(4-6-15)11-19(16-7-8-16)12-14-2-1-9-18-10-14/h1-6,9-10,16H,7-8,11-12H2,(H,20,21). The van der Waals surface area contributed by atoms with E-state index in [9.17, 15) is 4.79 Å². The number of aromatic nitrogens is 1. The predicted molar refractivity (Wildman–Crippen MR) is 79.9 cm³/mol. The third kappa shape index (κ3) is 3.67. The highest BCUT2D eigenvalue weighted by molar-refractivity contribution is 5.87. The van der Waals surface area contributed by atoms with E-state index in [1.165, 1.54) is 18.4 Å². The van der Waals surface area contributed by atoms with Gasteiger partial charge < -0.3 is 5.11 Å². The summed E-state index contributed by atoms with van der Waals surface area (Å²) in [7, 11) is 0. The molecule has 1 aromatic carbocycles. The van der Waals surface area contributed by atoms with Crippen LogP contribution in [0.4, 0.5) is 0 Å². The van der Waals surface area contributed by atoms with E-state index < -0.39 is 5.97 Å². The minimum absolute atomic E-state index is 0.337. The van der Waals surface area contributed by atoms with Gasteiger partial charge in [0.25, 0.3) is 0 Å². The number of carbonyl (C=O) groups is 1. The molecule has 2 aromatic rings. The first kappa shape index (κ1) is 13.8. The van der Waals surface area contributed by atoms with E-state index in [-0.39, 0.29) is 0 Å². The third-order valence-corrected chi connectivity index (χ3v) is 3.76. The van der Waals surface area contributed by atoms with E-state index in [0.29, 0.717) is 11.6 Å². The summed E-state index contributed by atoms with van der Waals surface area (Å²) in [6.45, 7) is 1.73. The van der Waals surface area contributed by atoms with Crippen LogP contribution in [0.1, 0.15) is 34.3 Å². The molecule has 1 saturated carbocycles. The first-order valence-corrected chi connectivity index (χ1v) is 7.17. The van der Waals surface area contributed by atoms with Gasteiger partial charge in [-0.1, -0.05) is 18.2 Å². The van der Waals surface area contributed by atoms with Crippen LogP contribution in [0.15, 0.2) is 48.8 Å². The molecule has 0 amide bonds. The van der Waals surface area contributed by atoms with Crippen LogP contribution in [-0.2, 0) is 13.1 Å². The van der Waals surface area contributed by atoms with Crippen molar-refractivity contribution in [2.75, 3.05) is 0 Å². The molecule has 4 nitrogen and oxygen atoms in total. The molecule has 108 valence electrons. The molecule has 0 unspecified atom stereocenters. The Bertz CT molecular complexity index is 606. The molecule has 1 fully saturated rings. The number of nitrogens with zero attached hydrogens (tertiary/aromatic N) is 2. The molecule has 3 rings (SSSR count). The molecule has 1 N–H and O–H groups in total. The Morgan fingerprint density at radius 3 is 2.43 bits per heavy atom. The maximum absolute atomic E-state index is 10.9. The van der Waals surface area contributed by atoms with Crippen molar-refractivity contribution in [2.24, 2.45) is 0 Å². The Morgan fingerprint density at radius 2 is 1.86 bits per heavy atom. The highest BCUT2D eigenvalue weighted by Gasteiger charge is 2.28. The summed E-state index contributed by atoms with van der Waals surface area (Å²) in [4.78, 5) is 17.5. The minimum atomic E-state index is -0.879. The molecule has 1 aliphatic carbocycles. The fourth-order valence-electron chi connectivity index (χ4n) is 2.47. The molecule has 1 heterocycles. The zero-order valence-corrected chi connectivity index (χ0v) is 11.8. The summed E-state index contributed by atoms with van der Waals surface area (Å²) < 4.78 is 0. The first-order chi connectivity index (χ1) is 10.2. The smallest absolute Gasteiger partial charge is 0.335 e. The summed E-state index contributed by atoms with van der Waals surface area (Å²) in [5, 5.41) is 8.93. The van der Waals surface area contributed by atoms with Gasteiger partial charge >= 0.3 is 5.97 Å². The molecule has 0 saturated heterocycles. The van der Waals surface area contributed by atoms with Gasteiger partial charge in [-0.15, -0.1) is 0 Å². The molecule has 1 aliphatic rings. The van der Waals surface area contributed by atoms with Gasteiger partial charge in [-0.2, -0.15) is 0 Å². The second-order valence-corrected chi connectivity index (χ2v) is 5.50. The van der Waals surface area contributed by atoms with Crippen LogP contribution < -0.4 is 0 Å². The Kier molecular flexibility index (Phi) is 3.97. The number of carboxylic acid groups (broad SMARTS) is 1. The average molecular weight is 282 g/mol. The van der Waals surface area contributed by atoms with Crippen LogP contribution in [-0.4, -0.2) is 27.0 Å². The van der Waals surface area contributed by atoms with Gasteiger partial charge in [0.2, 0.25) is 0 Å². The van der Waals surface area contributed by atoms with Crippen molar-refractivity contribution >= 4 is 5.97 Å². The number of aromatic carboxylic acids is 1. The molecule has 0 atom stereocenters. The number of hydrogen-bond acceptors (Lipinski definition) is 3. The summed E-state index contributed by atoms with van der Waals surface area (Å²) in [5.41, 5.74) is 2.70. The molecule has 0 radical (unpaired) electrons. The Balaban J connectivity index is 1.69. The molecule has 1 aromatic heterocycles. The number of rotatable bonds is 6. The zero-order chi connectivity index (χ0) is 14.7. The Morgan fingerprint density at radius 1 is 1.14 bits per heavy atom. The van der Waals surface area contributed by atoms with E-state index in [0.717, 1.165) is 18.7 Å². The van der Waals surface area contributed by atoms with Crippen LogP contribution in [0.3, 0.4) is 0 Å². The number of hydrogen-bond donors (Lipinski definition) is 1. The summed E-state index contributed by atoms with van der Waals surface area (Å²) in [6.07, 6.45) is 6.18. The highest BCUT2D eigenvalue weighted by Crippen LogP contribution is 2.29. The Labute approximate surface area is 124 Å². The predicted octanol–water partition coefficient (Wildman–Crippen LogP) is 2.94. The third-order valence-electron chi connectivity index (χ3n) is 3.76. The van der Waals surface area contributed by atoms with E-state index in [1.807, 2.05) is 24.4 Å². The summed E-state index contributed by atoms with van der Waals surface area (Å²) in [5.74, 6) is -0.879. The van der Waals surface area contributed by atoms with Crippen LogP contribution in [0.2, 0.25) is 0 Å².